The molecule has 4 aliphatic rings. The molecule has 0 N–H and O–H groups in total. The summed E-state index contributed by atoms with van der Waals surface area (Å²) < 4.78 is 12.0. The Morgan fingerprint density at radius 2 is 1.94 bits per heavy atom. The first-order valence-electron chi connectivity index (χ1n) is 7.36. The van der Waals surface area contributed by atoms with Crippen molar-refractivity contribution in [3.63, 3.8) is 0 Å². The van der Waals surface area contributed by atoms with Crippen LogP contribution >= 0.6 is 0 Å². The molecule has 4 rings (SSSR count). The third-order valence-electron chi connectivity index (χ3n) is 6.67. The molecule has 100 valence electrons. The SMILES string of the molecule is C[C@H]1C2(C[C@@H]3C[C@H]4CC(=O)C[C@H]4[C@@]31C)OCCO2. The highest BCUT2D eigenvalue weighted by Crippen LogP contribution is 2.69. The van der Waals surface area contributed by atoms with Gasteiger partial charge in [0.15, 0.2) is 5.79 Å². The fraction of sp³-hybridized carbons (Fsp3) is 0.933. The normalized spacial score (nSPS) is 53.1. The van der Waals surface area contributed by atoms with Crippen LogP contribution in [0.4, 0.5) is 0 Å². The molecule has 18 heavy (non-hydrogen) atoms. The van der Waals surface area contributed by atoms with Crippen molar-refractivity contribution < 1.29 is 14.3 Å². The molecule has 3 nitrogen and oxygen atoms in total. The number of Topliss-reactive ketones (excluding diaryl/α,β-unsaturated/α-hetero) is 1. The van der Waals surface area contributed by atoms with Gasteiger partial charge >= 0.3 is 0 Å². The van der Waals surface area contributed by atoms with Gasteiger partial charge in [0.05, 0.1) is 13.2 Å². The number of carbonyl (C=O) groups is 1. The van der Waals surface area contributed by atoms with Crippen molar-refractivity contribution in [2.24, 2.45) is 29.1 Å². The molecule has 5 atom stereocenters. The first-order valence-corrected chi connectivity index (χ1v) is 7.36. The molecule has 0 aromatic rings. The van der Waals surface area contributed by atoms with Crippen LogP contribution in [0.3, 0.4) is 0 Å². The van der Waals surface area contributed by atoms with Crippen LogP contribution in [0.25, 0.3) is 0 Å². The lowest BCUT2D eigenvalue weighted by atomic mass is 9.68. The molecule has 0 amide bonds. The van der Waals surface area contributed by atoms with Gasteiger partial charge < -0.3 is 9.47 Å². The molecule has 1 heterocycles. The summed E-state index contributed by atoms with van der Waals surface area (Å²) in [5.41, 5.74) is 0.251. The fourth-order valence-corrected chi connectivity index (χ4v) is 5.64. The maximum absolute atomic E-state index is 11.7. The minimum atomic E-state index is -0.323. The second kappa shape index (κ2) is 3.37. The average Bonchev–Trinajstić information content (AvgIpc) is 3.02. The Bertz CT molecular complexity index is 399. The monoisotopic (exact) mass is 250 g/mol. The van der Waals surface area contributed by atoms with Gasteiger partial charge in [-0.05, 0) is 29.6 Å². The number of hydrogen-bond acceptors (Lipinski definition) is 3. The maximum atomic E-state index is 11.7. The number of ketones is 1. The number of fused-ring (bicyclic) bond motifs is 3. The molecule has 0 radical (unpaired) electrons. The molecule has 0 aromatic carbocycles. The molecule has 3 heteroatoms. The Hall–Kier alpha value is -0.410. The zero-order valence-corrected chi connectivity index (χ0v) is 11.3. The number of ether oxygens (including phenoxy) is 2. The third-order valence-corrected chi connectivity index (χ3v) is 6.67. The van der Waals surface area contributed by atoms with E-state index in [1.165, 1.54) is 6.42 Å². The lowest BCUT2D eigenvalue weighted by Crippen LogP contribution is -2.41. The highest BCUT2D eigenvalue weighted by atomic mass is 16.7. The van der Waals surface area contributed by atoms with Crippen LogP contribution in [0, 0.1) is 29.1 Å². The predicted molar refractivity (Wildman–Crippen MR) is 65.9 cm³/mol. The Morgan fingerprint density at radius 1 is 1.22 bits per heavy atom. The molecule has 3 saturated carbocycles. The molecular weight excluding hydrogens is 228 g/mol. The Morgan fingerprint density at radius 3 is 2.67 bits per heavy atom. The van der Waals surface area contributed by atoms with Gasteiger partial charge in [-0.2, -0.15) is 0 Å². The van der Waals surface area contributed by atoms with E-state index < -0.39 is 0 Å². The molecule has 0 aromatic heterocycles. The summed E-state index contributed by atoms with van der Waals surface area (Å²) in [6.45, 7) is 6.15. The van der Waals surface area contributed by atoms with Crippen LogP contribution in [0.2, 0.25) is 0 Å². The highest BCUT2D eigenvalue weighted by Gasteiger charge is 2.68. The Kier molecular flexibility index (Phi) is 2.14. The number of rotatable bonds is 0. The maximum Gasteiger partial charge on any atom is 0.171 e. The molecule has 0 unspecified atom stereocenters. The number of hydrogen-bond donors (Lipinski definition) is 0. The summed E-state index contributed by atoms with van der Waals surface area (Å²) in [6.07, 6.45) is 3.90. The van der Waals surface area contributed by atoms with Crippen molar-refractivity contribution in [3.8, 4) is 0 Å². The van der Waals surface area contributed by atoms with Crippen molar-refractivity contribution in [1.82, 2.24) is 0 Å². The summed E-state index contributed by atoms with van der Waals surface area (Å²) in [5, 5.41) is 0. The Labute approximate surface area is 108 Å². The van der Waals surface area contributed by atoms with Gasteiger partial charge in [-0.1, -0.05) is 13.8 Å². The van der Waals surface area contributed by atoms with Crippen molar-refractivity contribution >= 4 is 5.78 Å². The van der Waals surface area contributed by atoms with Crippen LogP contribution in [0.5, 0.6) is 0 Å². The van der Waals surface area contributed by atoms with E-state index in [4.69, 9.17) is 9.47 Å². The lowest BCUT2D eigenvalue weighted by Gasteiger charge is -2.39. The minimum absolute atomic E-state index is 0.251. The molecule has 0 bridgehead atoms. The summed E-state index contributed by atoms with van der Waals surface area (Å²) in [5.74, 6) is 2.49. The topological polar surface area (TPSA) is 35.5 Å². The van der Waals surface area contributed by atoms with E-state index in [1.54, 1.807) is 0 Å². The van der Waals surface area contributed by atoms with Gasteiger partial charge in [-0.3, -0.25) is 4.79 Å². The van der Waals surface area contributed by atoms with E-state index in [0.29, 0.717) is 29.5 Å². The van der Waals surface area contributed by atoms with E-state index in [2.05, 4.69) is 13.8 Å². The Balaban J connectivity index is 1.71. The first kappa shape index (κ1) is 11.4. The summed E-state index contributed by atoms with van der Waals surface area (Å²) in [7, 11) is 0. The molecule has 1 aliphatic heterocycles. The standard InChI is InChI=1S/C15H22O3/c1-9-14(2)11(8-15(9)17-3-4-18-15)5-10-6-12(16)7-13(10)14/h9-11,13H,3-8H2,1-2H3/t9-,10+,11+,13-,14-/m1/s1. The van der Waals surface area contributed by atoms with Gasteiger partial charge in [0.25, 0.3) is 0 Å². The minimum Gasteiger partial charge on any atom is -0.347 e. The van der Waals surface area contributed by atoms with E-state index >= 15 is 0 Å². The lowest BCUT2D eigenvalue weighted by molar-refractivity contribution is -0.193. The second-order valence-corrected chi connectivity index (χ2v) is 7.05. The number of carbonyl (C=O) groups excluding carboxylic acids is 1. The average molecular weight is 250 g/mol. The van der Waals surface area contributed by atoms with Crippen molar-refractivity contribution in [2.45, 2.75) is 45.3 Å². The van der Waals surface area contributed by atoms with Crippen molar-refractivity contribution in [3.05, 3.63) is 0 Å². The van der Waals surface area contributed by atoms with E-state index in [1.807, 2.05) is 0 Å². The van der Waals surface area contributed by atoms with Crippen LogP contribution in [-0.4, -0.2) is 24.8 Å². The molecule has 1 spiro atoms. The van der Waals surface area contributed by atoms with E-state index in [9.17, 15) is 4.79 Å². The smallest absolute Gasteiger partial charge is 0.171 e. The molecule has 1 saturated heterocycles. The quantitative estimate of drug-likeness (QED) is 0.662. The van der Waals surface area contributed by atoms with Gasteiger partial charge in [0.2, 0.25) is 0 Å². The van der Waals surface area contributed by atoms with Crippen molar-refractivity contribution in [1.29, 1.82) is 0 Å². The van der Waals surface area contributed by atoms with Gasteiger partial charge in [-0.15, -0.1) is 0 Å². The van der Waals surface area contributed by atoms with E-state index in [0.717, 1.165) is 32.5 Å². The zero-order valence-electron chi connectivity index (χ0n) is 11.3. The zero-order chi connectivity index (χ0) is 12.5. The van der Waals surface area contributed by atoms with Crippen LogP contribution < -0.4 is 0 Å². The molecule has 4 fully saturated rings. The summed E-state index contributed by atoms with van der Waals surface area (Å²) >= 11 is 0. The highest BCUT2D eigenvalue weighted by molar-refractivity contribution is 5.81. The molecular formula is C15H22O3. The first-order chi connectivity index (χ1) is 8.56. The predicted octanol–water partition coefficient (Wildman–Crippen LogP) is 2.39. The summed E-state index contributed by atoms with van der Waals surface area (Å²) in [4.78, 5) is 11.7. The summed E-state index contributed by atoms with van der Waals surface area (Å²) in [6, 6.07) is 0. The fourth-order valence-electron chi connectivity index (χ4n) is 5.64. The van der Waals surface area contributed by atoms with Gasteiger partial charge in [0.1, 0.15) is 5.78 Å². The van der Waals surface area contributed by atoms with E-state index in [-0.39, 0.29) is 11.2 Å². The van der Waals surface area contributed by atoms with Gasteiger partial charge in [-0.25, -0.2) is 0 Å². The van der Waals surface area contributed by atoms with Crippen LogP contribution in [0.15, 0.2) is 0 Å². The van der Waals surface area contributed by atoms with Crippen molar-refractivity contribution in [2.75, 3.05) is 13.2 Å². The largest absolute Gasteiger partial charge is 0.347 e. The van der Waals surface area contributed by atoms with Crippen LogP contribution in [-0.2, 0) is 14.3 Å². The molecule has 3 aliphatic carbocycles. The van der Waals surface area contributed by atoms with Crippen LogP contribution in [0.1, 0.15) is 39.5 Å². The second-order valence-electron chi connectivity index (χ2n) is 7.05. The third kappa shape index (κ3) is 1.16. The van der Waals surface area contributed by atoms with Gasteiger partial charge in [0, 0.05) is 25.2 Å².